The largest absolute Gasteiger partial charge is 1.00 e. The molecule has 2 atom stereocenters. The van der Waals surface area contributed by atoms with Crippen LogP contribution in [0.5, 0.6) is 11.5 Å². The Labute approximate surface area is 357 Å². The van der Waals surface area contributed by atoms with Crippen molar-refractivity contribution in [2.45, 2.75) is 126 Å². The van der Waals surface area contributed by atoms with E-state index in [9.17, 15) is 0 Å². The monoisotopic (exact) mass is 854 g/mol. The van der Waals surface area contributed by atoms with Crippen LogP contribution in [0.25, 0.3) is 34.4 Å². The number of ether oxygens (including phenoxy) is 2. The van der Waals surface area contributed by atoms with E-state index in [4.69, 9.17) is 9.47 Å². The zero-order valence-corrected chi connectivity index (χ0v) is 40.1. The molecule has 0 radical (unpaired) electrons. The molecule has 0 aromatic heterocycles. The maximum absolute atomic E-state index is 6.13. The molecule has 0 amide bonds. The number of methoxy groups -OCH3 is 2. The standard InChI is InChI=1S/2C25H31O.2ClH.Zr/c2*1-16-12-17-10-9-11-19(20(17)13-16)18-14-21(24(2,3)4)23(26-8)22(15-18)25(5,6)7;;;/h2*9-15H,1-8H3;2*1H;/q;;;;+2/p-2. The number of hydrogen-bond acceptors (Lipinski definition) is 2. The van der Waals surface area contributed by atoms with Crippen molar-refractivity contribution < 1.29 is 57.5 Å². The first kappa shape index (κ1) is 45.1. The molecule has 292 valence electrons. The van der Waals surface area contributed by atoms with Crippen molar-refractivity contribution in [3.63, 3.8) is 0 Å². The molecule has 2 unspecified atom stereocenters. The molecule has 0 spiro atoms. The minimum atomic E-state index is -1.04. The summed E-state index contributed by atoms with van der Waals surface area (Å²) in [4.78, 5) is 0. The van der Waals surface area contributed by atoms with Crippen LogP contribution in [0.4, 0.5) is 0 Å². The van der Waals surface area contributed by atoms with Crippen LogP contribution in [0, 0.1) is 0 Å². The van der Waals surface area contributed by atoms with Crippen LogP contribution < -0.4 is 34.3 Å². The van der Waals surface area contributed by atoms with Gasteiger partial charge in [0.25, 0.3) is 0 Å². The molecule has 2 aliphatic rings. The third kappa shape index (κ3) is 8.52. The predicted octanol–water partition coefficient (Wildman–Crippen LogP) is 7.93. The van der Waals surface area contributed by atoms with Gasteiger partial charge in [0.2, 0.25) is 0 Å². The van der Waals surface area contributed by atoms with E-state index in [0.29, 0.717) is 7.25 Å². The maximum Gasteiger partial charge on any atom is -1.00 e. The Hall–Kier alpha value is -2.58. The van der Waals surface area contributed by atoms with Gasteiger partial charge in [0.05, 0.1) is 0 Å². The fraction of sp³-hybridized carbons (Fsp3) is 0.440. The van der Waals surface area contributed by atoms with Crippen LogP contribution in [0.2, 0.25) is 0 Å². The number of rotatable bonds is 6. The van der Waals surface area contributed by atoms with Crippen LogP contribution in [0.3, 0.4) is 0 Å². The molecule has 0 N–H and O–H groups in total. The number of halogens is 2. The summed E-state index contributed by atoms with van der Waals surface area (Å²) in [6, 6.07) is 23.7. The van der Waals surface area contributed by atoms with E-state index in [0.717, 1.165) is 11.5 Å². The fourth-order valence-corrected chi connectivity index (χ4v) is 13.1. The van der Waals surface area contributed by atoms with Crippen molar-refractivity contribution >= 4 is 12.2 Å². The van der Waals surface area contributed by atoms with Gasteiger partial charge in [0.1, 0.15) is 0 Å². The minimum Gasteiger partial charge on any atom is -1.00 e. The summed E-state index contributed by atoms with van der Waals surface area (Å²) in [7, 11) is 3.65. The Morgan fingerprint density at radius 3 is 1.02 bits per heavy atom. The molecular weight excluding hydrogens is 795 g/mol. The summed E-state index contributed by atoms with van der Waals surface area (Å²) in [6.45, 7) is 32.3. The molecular formula is C50H62Cl2O2Zr. The molecule has 55 heavy (non-hydrogen) atoms. The molecule has 0 aliphatic heterocycles. The second-order valence-electron chi connectivity index (χ2n) is 19.6. The van der Waals surface area contributed by atoms with E-state index in [1.165, 1.54) is 77.9 Å². The van der Waals surface area contributed by atoms with Crippen molar-refractivity contribution in [1.29, 1.82) is 0 Å². The van der Waals surface area contributed by atoms with Gasteiger partial charge in [-0.1, -0.05) is 0 Å². The van der Waals surface area contributed by atoms with Gasteiger partial charge in [-0.3, -0.25) is 0 Å². The Balaban J connectivity index is 0.00000336. The molecule has 0 fully saturated rings. The first-order valence-corrected chi connectivity index (χ1v) is 22.2. The number of hydrogen-bond donors (Lipinski definition) is 0. The first-order chi connectivity index (χ1) is 24.6. The summed E-state index contributed by atoms with van der Waals surface area (Å²) in [6.07, 6.45) is 5.03. The quantitative estimate of drug-likeness (QED) is 0.196. The first-order valence-electron chi connectivity index (χ1n) is 19.4. The summed E-state index contributed by atoms with van der Waals surface area (Å²) < 4.78 is 13.3. The van der Waals surface area contributed by atoms with E-state index < -0.39 is 23.2 Å². The minimum absolute atomic E-state index is 0. The smallest absolute Gasteiger partial charge is 1.00 e. The van der Waals surface area contributed by atoms with Gasteiger partial charge in [-0.05, 0) is 0 Å². The Morgan fingerprint density at radius 1 is 0.473 bits per heavy atom. The van der Waals surface area contributed by atoms with Crippen molar-refractivity contribution in [2.75, 3.05) is 14.2 Å². The Kier molecular flexibility index (Phi) is 13.1. The fourth-order valence-electron chi connectivity index (χ4n) is 8.45. The van der Waals surface area contributed by atoms with Crippen molar-refractivity contribution in [3.05, 3.63) is 116 Å². The molecule has 0 heterocycles. The van der Waals surface area contributed by atoms with Crippen LogP contribution in [-0.2, 0) is 44.9 Å². The molecule has 4 aromatic rings. The maximum atomic E-state index is 6.13. The molecule has 5 heteroatoms. The summed E-state index contributed by atoms with van der Waals surface area (Å²) >= 11 is -1.04. The van der Waals surface area contributed by atoms with E-state index in [1.54, 1.807) is 0 Å². The van der Waals surface area contributed by atoms with Gasteiger partial charge >= 0.3 is 335 Å². The van der Waals surface area contributed by atoms with Crippen LogP contribution >= 0.6 is 0 Å². The average Bonchev–Trinajstić information content (AvgIpc) is 3.56. The van der Waals surface area contributed by atoms with Crippen LogP contribution in [-0.4, -0.2) is 14.2 Å². The van der Waals surface area contributed by atoms with Crippen LogP contribution in [0.1, 0.15) is 149 Å². The summed E-state index contributed by atoms with van der Waals surface area (Å²) in [5.41, 5.74) is 19.1. The van der Waals surface area contributed by atoms with E-state index in [-0.39, 0.29) is 46.5 Å². The Bertz CT molecular complexity index is 1920. The van der Waals surface area contributed by atoms with Crippen molar-refractivity contribution in [3.8, 4) is 33.8 Å². The van der Waals surface area contributed by atoms with Crippen LogP contribution in [0.15, 0.2) is 71.8 Å². The molecule has 4 aromatic carbocycles. The third-order valence-corrected chi connectivity index (χ3v) is 16.7. The van der Waals surface area contributed by atoms with Gasteiger partial charge in [-0.15, -0.1) is 0 Å². The van der Waals surface area contributed by atoms with Gasteiger partial charge in [0.15, 0.2) is 0 Å². The number of benzene rings is 4. The van der Waals surface area contributed by atoms with E-state index in [1.807, 2.05) is 14.2 Å². The number of allylic oxidation sites excluding steroid dienone is 2. The predicted molar refractivity (Wildman–Crippen MR) is 224 cm³/mol. The second kappa shape index (κ2) is 16.0. The molecule has 2 nitrogen and oxygen atoms in total. The van der Waals surface area contributed by atoms with E-state index >= 15 is 0 Å². The van der Waals surface area contributed by atoms with Crippen molar-refractivity contribution in [1.82, 2.24) is 0 Å². The molecule has 6 rings (SSSR count). The SMILES string of the molecule is COc1c(C(C)(C)C)cc(-c2cccc3c2C=C(C)[CH]3[Zr+2][CH]2C(C)=Cc3c(-c4cc(C(C)(C)C)c(OC)c(C(C)(C)C)c4)cccc32)cc1C(C)(C)C.[Cl-].[Cl-]. The zero-order chi connectivity index (χ0) is 39.0. The van der Waals surface area contributed by atoms with Crippen molar-refractivity contribution in [2.24, 2.45) is 0 Å². The molecule has 0 bridgehead atoms. The van der Waals surface area contributed by atoms with Gasteiger partial charge < -0.3 is 24.8 Å². The normalized spacial score (nSPS) is 16.6. The van der Waals surface area contributed by atoms with Gasteiger partial charge in [-0.25, -0.2) is 0 Å². The average molecular weight is 857 g/mol. The number of fused-ring (bicyclic) bond motifs is 2. The Morgan fingerprint density at radius 2 is 0.764 bits per heavy atom. The topological polar surface area (TPSA) is 18.5 Å². The second-order valence-corrected chi connectivity index (χ2v) is 23.3. The summed E-state index contributed by atoms with van der Waals surface area (Å²) in [5.74, 6) is 2.06. The zero-order valence-electron chi connectivity index (χ0n) is 36.2. The van der Waals surface area contributed by atoms with Gasteiger partial charge in [0, 0.05) is 0 Å². The third-order valence-electron chi connectivity index (χ3n) is 11.3. The molecule has 0 saturated heterocycles. The molecule has 2 aliphatic carbocycles. The molecule has 0 saturated carbocycles. The van der Waals surface area contributed by atoms with E-state index in [2.05, 4.69) is 170 Å². The van der Waals surface area contributed by atoms with Gasteiger partial charge in [-0.2, -0.15) is 0 Å². The summed E-state index contributed by atoms with van der Waals surface area (Å²) in [5, 5.41) is 0.